The molecule has 0 radical (unpaired) electrons. The zero-order valence-electron chi connectivity index (χ0n) is 11.0. The Morgan fingerprint density at radius 2 is 2.24 bits per heavy atom. The van der Waals surface area contributed by atoms with Crippen molar-refractivity contribution in [2.24, 2.45) is 0 Å². The third kappa shape index (κ3) is 2.12. The number of nitrogens with zero attached hydrogens (tertiary/aromatic N) is 3. The van der Waals surface area contributed by atoms with Crippen LogP contribution in [0.15, 0.2) is 40.3 Å². The van der Waals surface area contributed by atoms with E-state index in [2.05, 4.69) is 4.98 Å². The molecule has 21 heavy (non-hydrogen) atoms. The van der Waals surface area contributed by atoms with E-state index in [1.807, 2.05) is 0 Å². The van der Waals surface area contributed by atoms with Crippen molar-refractivity contribution in [2.75, 3.05) is 5.75 Å². The number of benzene rings is 1. The minimum absolute atomic E-state index is 0.0916. The number of hydrogen-bond acceptors (Lipinski definition) is 6. The first-order valence-corrected chi connectivity index (χ1v) is 7.12. The van der Waals surface area contributed by atoms with Crippen LogP contribution >= 0.6 is 11.8 Å². The van der Waals surface area contributed by atoms with E-state index in [1.54, 1.807) is 13.0 Å². The molecule has 0 spiro atoms. The average Bonchev–Trinajstić information content (AvgIpc) is 2.77. The molecule has 0 unspecified atom stereocenters. The van der Waals surface area contributed by atoms with Crippen LogP contribution in [0.4, 0.5) is 5.69 Å². The van der Waals surface area contributed by atoms with Crippen molar-refractivity contribution < 1.29 is 10.0 Å². The van der Waals surface area contributed by atoms with Gasteiger partial charge in [-0.05, 0) is 6.92 Å². The summed E-state index contributed by atoms with van der Waals surface area (Å²) in [7, 11) is 0. The number of nitro groups is 1. The summed E-state index contributed by atoms with van der Waals surface area (Å²) < 4.78 is 1.54. The zero-order chi connectivity index (χ0) is 15.2. The van der Waals surface area contributed by atoms with E-state index in [1.165, 1.54) is 40.6 Å². The lowest BCUT2D eigenvalue weighted by molar-refractivity contribution is -0.385. The van der Waals surface area contributed by atoms with Crippen molar-refractivity contribution in [3.05, 3.63) is 62.1 Å². The number of rotatable bonds is 2. The van der Waals surface area contributed by atoms with Gasteiger partial charge in [-0.25, -0.2) is 0 Å². The highest BCUT2D eigenvalue weighted by atomic mass is 32.2. The second-order valence-corrected chi connectivity index (χ2v) is 5.71. The Hall–Kier alpha value is -2.19. The maximum absolute atomic E-state index is 11.4. The third-order valence-electron chi connectivity index (χ3n) is 3.37. The highest BCUT2D eigenvalue weighted by Crippen LogP contribution is 2.40. The molecule has 2 heterocycles. The standard InChI is InChI=1S/C13H11N3O4S/c1-8-5-11(17)14-12-15(8)13(18,7-21-12)9-3-2-4-10(6-9)16(19)20/h2-6,18H,7H2,1H3/t13-/m0/s1. The SMILES string of the molecule is Cc1cc(=O)nc2n1[C@@](O)(c1cccc([N+](=O)[O-])c1)CS2. The molecule has 0 bridgehead atoms. The van der Waals surface area contributed by atoms with Crippen molar-refractivity contribution in [3.8, 4) is 0 Å². The molecule has 0 saturated heterocycles. The van der Waals surface area contributed by atoms with Gasteiger partial charge in [0.1, 0.15) is 0 Å². The Kier molecular flexibility index (Phi) is 3.07. The second kappa shape index (κ2) is 4.68. The molecule has 1 N–H and O–H groups in total. The van der Waals surface area contributed by atoms with Crippen LogP contribution in [-0.2, 0) is 5.72 Å². The number of nitro benzene ring substituents is 1. The first kappa shape index (κ1) is 13.8. The number of aromatic nitrogens is 2. The lowest BCUT2D eigenvalue weighted by Gasteiger charge is -2.27. The quantitative estimate of drug-likeness (QED) is 0.509. The van der Waals surface area contributed by atoms with Crippen LogP contribution in [0.5, 0.6) is 0 Å². The lowest BCUT2D eigenvalue weighted by atomic mass is 10.0. The molecular weight excluding hydrogens is 294 g/mol. The lowest BCUT2D eigenvalue weighted by Crippen LogP contribution is -2.36. The number of hydrogen-bond donors (Lipinski definition) is 1. The summed E-state index contributed by atoms with van der Waals surface area (Å²) in [6.07, 6.45) is 0. The molecule has 1 aromatic carbocycles. The maximum Gasteiger partial charge on any atom is 0.273 e. The molecule has 3 rings (SSSR count). The summed E-state index contributed by atoms with van der Waals surface area (Å²) in [5.41, 5.74) is -0.947. The fourth-order valence-corrected chi connectivity index (χ4v) is 3.63. The first-order chi connectivity index (χ1) is 9.91. The van der Waals surface area contributed by atoms with Gasteiger partial charge in [-0.15, -0.1) is 0 Å². The van der Waals surface area contributed by atoms with Gasteiger partial charge in [-0.3, -0.25) is 19.5 Å². The number of non-ortho nitro benzene ring substituents is 1. The number of fused-ring (bicyclic) bond motifs is 1. The van der Waals surface area contributed by atoms with Crippen LogP contribution in [0.3, 0.4) is 0 Å². The van der Waals surface area contributed by atoms with E-state index in [-0.39, 0.29) is 17.0 Å². The summed E-state index contributed by atoms with van der Waals surface area (Å²) in [6.45, 7) is 1.70. The van der Waals surface area contributed by atoms with E-state index in [0.29, 0.717) is 16.4 Å². The Labute approximate surface area is 123 Å². The normalized spacial score (nSPS) is 20.3. The van der Waals surface area contributed by atoms with Crippen molar-refractivity contribution >= 4 is 17.4 Å². The van der Waals surface area contributed by atoms with E-state index in [9.17, 15) is 20.0 Å². The summed E-state index contributed by atoms with van der Waals surface area (Å²) >= 11 is 1.24. The maximum atomic E-state index is 11.4. The van der Waals surface area contributed by atoms with E-state index < -0.39 is 10.6 Å². The molecule has 108 valence electrons. The van der Waals surface area contributed by atoms with E-state index >= 15 is 0 Å². The van der Waals surface area contributed by atoms with Crippen molar-refractivity contribution in [3.63, 3.8) is 0 Å². The van der Waals surface area contributed by atoms with Crippen LogP contribution in [0.1, 0.15) is 11.3 Å². The fraction of sp³-hybridized carbons (Fsp3) is 0.231. The molecule has 1 aromatic heterocycles. The van der Waals surface area contributed by atoms with Gasteiger partial charge >= 0.3 is 0 Å². The predicted molar refractivity (Wildman–Crippen MR) is 76.3 cm³/mol. The van der Waals surface area contributed by atoms with Crippen LogP contribution in [0.25, 0.3) is 0 Å². The van der Waals surface area contributed by atoms with Gasteiger partial charge in [0, 0.05) is 29.5 Å². The zero-order valence-corrected chi connectivity index (χ0v) is 11.8. The monoisotopic (exact) mass is 305 g/mol. The van der Waals surface area contributed by atoms with Crippen molar-refractivity contribution in [1.82, 2.24) is 9.55 Å². The van der Waals surface area contributed by atoms with Crippen molar-refractivity contribution in [1.29, 1.82) is 0 Å². The highest BCUT2D eigenvalue weighted by Gasteiger charge is 2.40. The first-order valence-electron chi connectivity index (χ1n) is 6.13. The Morgan fingerprint density at radius 3 is 2.95 bits per heavy atom. The summed E-state index contributed by atoms with van der Waals surface area (Å²) in [5.74, 6) is 0.242. The summed E-state index contributed by atoms with van der Waals surface area (Å²) in [4.78, 5) is 25.7. The summed E-state index contributed by atoms with van der Waals surface area (Å²) in [5, 5.41) is 22.3. The van der Waals surface area contributed by atoms with Crippen LogP contribution in [0.2, 0.25) is 0 Å². The average molecular weight is 305 g/mol. The molecule has 2 aromatic rings. The molecule has 0 saturated carbocycles. The van der Waals surface area contributed by atoms with Gasteiger partial charge < -0.3 is 5.11 Å². The minimum Gasteiger partial charge on any atom is -0.366 e. The Morgan fingerprint density at radius 1 is 1.48 bits per heavy atom. The van der Waals surface area contributed by atoms with Gasteiger partial charge in [-0.1, -0.05) is 23.9 Å². The summed E-state index contributed by atoms with van der Waals surface area (Å²) in [6, 6.07) is 7.19. The largest absolute Gasteiger partial charge is 0.366 e. The molecular formula is C13H11N3O4S. The van der Waals surface area contributed by atoms with E-state index in [4.69, 9.17) is 0 Å². The molecule has 1 aliphatic heterocycles. The van der Waals surface area contributed by atoms with Crippen LogP contribution in [-0.4, -0.2) is 25.3 Å². The van der Waals surface area contributed by atoms with Gasteiger partial charge in [0.15, 0.2) is 10.9 Å². The van der Waals surface area contributed by atoms with Gasteiger partial charge in [0.25, 0.3) is 11.2 Å². The molecule has 0 amide bonds. The molecule has 0 aliphatic carbocycles. The minimum atomic E-state index is -1.45. The highest BCUT2D eigenvalue weighted by molar-refractivity contribution is 7.99. The fourth-order valence-electron chi connectivity index (χ4n) is 2.43. The Balaban J connectivity index is 2.19. The van der Waals surface area contributed by atoms with Gasteiger partial charge in [-0.2, -0.15) is 4.98 Å². The smallest absolute Gasteiger partial charge is 0.273 e. The molecule has 7 nitrogen and oxygen atoms in total. The van der Waals surface area contributed by atoms with Gasteiger partial charge in [0.05, 0.1) is 10.7 Å². The molecule has 8 heteroatoms. The second-order valence-electron chi connectivity index (χ2n) is 4.77. The van der Waals surface area contributed by atoms with Gasteiger partial charge in [0.2, 0.25) is 0 Å². The molecule has 1 atom stereocenters. The Bertz CT molecular complexity index is 804. The number of aryl methyl sites for hydroxylation is 1. The molecule has 1 aliphatic rings. The van der Waals surface area contributed by atoms with Crippen LogP contribution in [0, 0.1) is 17.0 Å². The number of thioether (sulfide) groups is 1. The molecule has 0 fully saturated rings. The van der Waals surface area contributed by atoms with Crippen LogP contribution < -0.4 is 5.56 Å². The number of aliphatic hydroxyl groups is 1. The topological polar surface area (TPSA) is 98.3 Å². The predicted octanol–water partition coefficient (Wildman–Crippen LogP) is 1.26. The van der Waals surface area contributed by atoms with Crippen molar-refractivity contribution in [2.45, 2.75) is 17.8 Å². The third-order valence-corrected chi connectivity index (χ3v) is 4.45. The van der Waals surface area contributed by atoms with E-state index in [0.717, 1.165) is 0 Å².